The fourth-order valence-corrected chi connectivity index (χ4v) is 6.46. The number of para-hydroxylation sites is 3. The van der Waals surface area contributed by atoms with Gasteiger partial charge < -0.3 is 14.0 Å². The minimum atomic E-state index is -2.09. The van der Waals surface area contributed by atoms with Crippen LogP contribution in [0.2, 0.25) is 0 Å². The maximum atomic E-state index is 8.63. The maximum Gasteiger partial charge on any atom is 0.0774 e. The standard InChI is InChI=1S/C36H27N2O.C12H10N.Ir/c1-24(2)27-20-21-34-30(22-27)31(23-39-34)36-37-32-18-9-10-19-33(32)38(36)35-28(25-12-5-3-6-13-25)16-11-17-29(35)26-14-7-4-8-15-26;1-10-7-8-12(13-9-10)11-5-3-2-4-6-11;/h3-22,24H,1-2H3;2-5,7-9H,1H3;/q2*-1;/i24D;1D3;. The van der Waals surface area contributed by atoms with Crippen molar-refractivity contribution in [3.63, 3.8) is 0 Å². The second kappa shape index (κ2) is 15.8. The smallest absolute Gasteiger partial charge is 0.0774 e. The van der Waals surface area contributed by atoms with Gasteiger partial charge in [0.15, 0.2) is 0 Å². The Bertz CT molecular complexity index is 2700. The van der Waals surface area contributed by atoms with Crippen LogP contribution in [-0.4, -0.2) is 14.5 Å². The van der Waals surface area contributed by atoms with Crippen molar-refractivity contribution in [2.45, 2.75) is 26.6 Å². The third kappa shape index (κ3) is 7.27. The molecule has 0 saturated carbocycles. The number of furan rings is 1. The van der Waals surface area contributed by atoms with E-state index in [4.69, 9.17) is 14.9 Å². The Morgan fingerprint density at radius 1 is 0.736 bits per heavy atom. The van der Waals surface area contributed by atoms with Crippen LogP contribution >= 0.6 is 0 Å². The largest absolute Gasteiger partial charge is 0.557 e. The number of aryl methyl sites for hydroxylation is 1. The Morgan fingerprint density at radius 3 is 2.08 bits per heavy atom. The van der Waals surface area contributed by atoms with E-state index in [1.165, 1.54) is 6.20 Å². The third-order valence-corrected chi connectivity index (χ3v) is 9.05. The summed E-state index contributed by atoms with van der Waals surface area (Å²) in [5.41, 5.74) is 11.6. The van der Waals surface area contributed by atoms with Gasteiger partial charge >= 0.3 is 0 Å². The number of hydrogen-bond donors (Lipinski definition) is 0. The van der Waals surface area contributed by atoms with Crippen LogP contribution in [-0.2, 0) is 20.1 Å². The number of rotatable bonds is 6. The van der Waals surface area contributed by atoms with Gasteiger partial charge in [-0.1, -0.05) is 152 Å². The third-order valence-electron chi connectivity index (χ3n) is 9.05. The Balaban J connectivity index is 0.000000246. The molecule has 53 heavy (non-hydrogen) atoms. The van der Waals surface area contributed by atoms with Gasteiger partial charge in [-0.05, 0) is 47.3 Å². The van der Waals surface area contributed by atoms with E-state index in [1.54, 1.807) is 18.2 Å². The monoisotopic (exact) mass is 868 g/mol. The van der Waals surface area contributed by atoms with Crippen molar-refractivity contribution >= 4 is 22.0 Å². The molecule has 0 fully saturated rings. The molecule has 0 bridgehead atoms. The van der Waals surface area contributed by atoms with E-state index >= 15 is 0 Å². The zero-order chi connectivity index (χ0) is 38.9. The summed E-state index contributed by atoms with van der Waals surface area (Å²) < 4.78 is 38.5. The summed E-state index contributed by atoms with van der Waals surface area (Å²) in [7, 11) is 0. The van der Waals surface area contributed by atoms with E-state index in [2.05, 4.69) is 101 Å². The van der Waals surface area contributed by atoms with Gasteiger partial charge in [-0.2, -0.15) is 0 Å². The molecule has 0 aliphatic carbocycles. The fraction of sp³-hybridized carbons (Fsp3) is 0.0833. The van der Waals surface area contributed by atoms with Gasteiger partial charge in [0.05, 0.1) is 22.5 Å². The summed E-state index contributed by atoms with van der Waals surface area (Å²) in [4.78, 5) is 9.29. The SMILES string of the molecule is [2H]C(C)(C)c1ccc2o[c-]c(-c3nc4ccccc4n3-c3c(-c4ccccc4)cccc3-c3ccccc3)c2c1.[2H]C([2H])([2H])c1ccc(-c2[c-]cccc2)nc1.[Ir]. The molecule has 0 amide bonds. The fourth-order valence-electron chi connectivity index (χ4n) is 6.46. The molecule has 9 rings (SSSR count). The molecule has 261 valence electrons. The van der Waals surface area contributed by atoms with Crippen LogP contribution in [0.3, 0.4) is 0 Å². The first-order valence-electron chi connectivity index (χ1n) is 19.2. The Hall–Kier alpha value is -5.87. The van der Waals surface area contributed by atoms with Gasteiger partial charge in [0.2, 0.25) is 0 Å². The summed E-state index contributed by atoms with van der Waals surface area (Å²) in [5, 5.41) is 0.896. The van der Waals surface area contributed by atoms with Crippen molar-refractivity contribution in [1.82, 2.24) is 14.5 Å². The molecular formula is C48H37IrN3O-2. The molecule has 0 N–H and O–H groups in total. The number of benzene rings is 6. The summed E-state index contributed by atoms with van der Waals surface area (Å²) >= 11 is 0. The number of nitrogens with zero attached hydrogens (tertiary/aromatic N) is 3. The van der Waals surface area contributed by atoms with Crippen LogP contribution in [0, 0.1) is 19.2 Å². The Kier molecular flexibility index (Phi) is 9.16. The first-order valence-corrected chi connectivity index (χ1v) is 17.2. The van der Waals surface area contributed by atoms with Gasteiger partial charge in [-0.3, -0.25) is 4.98 Å². The van der Waals surface area contributed by atoms with Gasteiger partial charge in [-0.15, -0.1) is 35.9 Å². The number of hydrogen-bond acceptors (Lipinski definition) is 3. The molecular weight excluding hydrogens is 827 g/mol. The van der Waals surface area contributed by atoms with E-state index in [0.29, 0.717) is 0 Å². The number of pyridine rings is 1. The van der Waals surface area contributed by atoms with Crippen molar-refractivity contribution in [2.24, 2.45) is 0 Å². The maximum absolute atomic E-state index is 8.63. The van der Waals surface area contributed by atoms with Crippen LogP contribution < -0.4 is 0 Å². The predicted molar refractivity (Wildman–Crippen MR) is 213 cm³/mol. The van der Waals surface area contributed by atoms with Gasteiger partial charge in [-0.25, -0.2) is 0 Å². The van der Waals surface area contributed by atoms with Crippen LogP contribution in [0.1, 0.15) is 36.4 Å². The van der Waals surface area contributed by atoms with Crippen molar-refractivity contribution in [1.29, 1.82) is 0 Å². The van der Waals surface area contributed by atoms with Crippen LogP contribution in [0.15, 0.2) is 168 Å². The normalized spacial score (nSPS) is 12.5. The van der Waals surface area contributed by atoms with E-state index < -0.39 is 12.7 Å². The molecule has 3 aromatic heterocycles. The molecule has 3 heterocycles. The topological polar surface area (TPSA) is 43.9 Å². The molecule has 5 heteroatoms. The molecule has 0 spiro atoms. The van der Waals surface area contributed by atoms with E-state index in [1.807, 2.05) is 74.5 Å². The number of aromatic nitrogens is 3. The molecule has 1 radical (unpaired) electrons. The number of imidazole rings is 1. The summed E-state index contributed by atoms with van der Waals surface area (Å²) in [6, 6.07) is 55.4. The number of fused-ring (bicyclic) bond motifs is 2. The minimum Gasteiger partial charge on any atom is -0.557 e. The quantitative estimate of drug-likeness (QED) is 0.156. The van der Waals surface area contributed by atoms with E-state index in [-0.39, 0.29) is 25.7 Å². The summed E-state index contributed by atoms with van der Waals surface area (Å²) in [6.07, 6.45) is 4.57. The molecule has 0 saturated heterocycles. The van der Waals surface area contributed by atoms with E-state index in [9.17, 15) is 0 Å². The van der Waals surface area contributed by atoms with Crippen LogP contribution in [0.5, 0.6) is 0 Å². The van der Waals surface area contributed by atoms with Crippen molar-refractivity contribution < 1.29 is 30.0 Å². The first-order chi connectivity index (χ1) is 27.1. The molecule has 4 nitrogen and oxygen atoms in total. The Morgan fingerprint density at radius 2 is 1.43 bits per heavy atom. The average Bonchev–Trinajstić information content (AvgIpc) is 3.82. The second-order valence-corrected chi connectivity index (χ2v) is 12.7. The molecule has 0 aliphatic rings. The van der Waals surface area contributed by atoms with Crippen molar-refractivity contribution in [2.75, 3.05) is 0 Å². The molecule has 0 aliphatic heterocycles. The van der Waals surface area contributed by atoms with Gasteiger partial charge in [0.25, 0.3) is 0 Å². The van der Waals surface area contributed by atoms with Crippen LogP contribution in [0.4, 0.5) is 0 Å². The Labute approximate surface area is 329 Å². The molecule has 0 atom stereocenters. The van der Waals surface area contributed by atoms with Crippen molar-refractivity contribution in [3.05, 3.63) is 187 Å². The first kappa shape index (κ1) is 30.7. The minimum absolute atomic E-state index is 0. The molecule has 9 aromatic rings. The predicted octanol–water partition coefficient (Wildman–Crippen LogP) is 12.6. The van der Waals surface area contributed by atoms with Crippen molar-refractivity contribution in [3.8, 4) is 50.6 Å². The molecule has 6 aromatic carbocycles. The van der Waals surface area contributed by atoms with Gasteiger partial charge in [0, 0.05) is 54.8 Å². The zero-order valence-electron chi connectivity index (χ0n) is 33.2. The second-order valence-electron chi connectivity index (χ2n) is 12.7. The molecule has 0 unspecified atom stereocenters. The van der Waals surface area contributed by atoms with E-state index in [0.717, 1.165) is 78.2 Å². The zero-order valence-corrected chi connectivity index (χ0v) is 31.6. The van der Waals surface area contributed by atoms with Gasteiger partial charge in [0.1, 0.15) is 0 Å². The average molecular weight is 868 g/mol. The summed E-state index contributed by atoms with van der Waals surface area (Å²) in [6.45, 7) is 1.70. The van der Waals surface area contributed by atoms with Crippen LogP contribution in [0.25, 0.3) is 72.6 Å². The summed E-state index contributed by atoms with van der Waals surface area (Å²) in [5.74, 6) is 0.00364.